The maximum Gasteiger partial charge on any atom is 0.244 e. The molecule has 4 nitrogen and oxygen atoms in total. The number of hydrogen-bond donors (Lipinski definition) is 2. The van der Waals surface area contributed by atoms with Crippen molar-refractivity contribution in [3.8, 4) is 0 Å². The van der Waals surface area contributed by atoms with E-state index in [0.717, 1.165) is 16.3 Å². The highest BCUT2D eigenvalue weighted by Crippen LogP contribution is 2.34. The van der Waals surface area contributed by atoms with E-state index in [1.54, 1.807) is 6.07 Å². The highest BCUT2D eigenvalue weighted by molar-refractivity contribution is 7.89. The van der Waals surface area contributed by atoms with Crippen LogP contribution in [0.4, 0.5) is 5.69 Å². The van der Waals surface area contributed by atoms with Gasteiger partial charge in [-0.2, -0.15) is 4.72 Å². The Kier molecular flexibility index (Phi) is 2.92. The maximum absolute atomic E-state index is 12.5. The van der Waals surface area contributed by atoms with Crippen LogP contribution in [-0.4, -0.2) is 8.42 Å². The normalized spacial score (nSPS) is 19.4. The second-order valence-electron chi connectivity index (χ2n) is 5.30. The molecule has 0 bridgehead atoms. The quantitative estimate of drug-likeness (QED) is 0.725. The molecule has 0 aliphatic carbocycles. The van der Waals surface area contributed by atoms with Crippen LogP contribution >= 0.6 is 0 Å². The van der Waals surface area contributed by atoms with E-state index >= 15 is 0 Å². The zero-order valence-electron chi connectivity index (χ0n) is 11.7. The van der Waals surface area contributed by atoms with Crippen LogP contribution in [0.3, 0.4) is 0 Å². The molecule has 0 fully saturated rings. The van der Waals surface area contributed by atoms with Gasteiger partial charge in [-0.25, -0.2) is 8.42 Å². The van der Waals surface area contributed by atoms with Gasteiger partial charge in [-0.3, -0.25) is 0 Å². The van der Waals surface area contributed by atoms with Crippen LogP contribution in [0, 0.1) is 0 Å². The van der Waals surface area contributed by atoms with Crippen molar-refractivity contribution in [3.63, 3.8) is 0 Å². The van der Waals surface area contributed by atoms with E-state index in [1.165, 1.54) is 0 Å². The first-order valence-electron chi connectivity index (χ1n) is 7.00. The minimum Gasteiger partial charge on any atom is -0.364 e. The van der Waals surface area contributed by atoms with Crippen molar-refractivity contribution < 1.29 is 8.42 Å². The maximum atomic E-state index is 12.5. The van der Waals surface area contributed by atoms with Crippen LogP contribution in [-0.2, 0) is 10.0 Å². The molecule has 1 aliphatic heterocycles. The molecule has 1 heterocycles. The molecule has 0 spiro atoms. The lowest BCUT2D eigenvalue weighted by molar-refractivity contribution is 0.563. The lowest BCUT2D eigenvalue weighted by Crippen LogP contribution is -2.38. The fraction of sp³-hybridized carbons (Fsp3) is 0.0588. The average Bonchev–Trinajstić information content (AvgIpc) is 2.53. The van der Waals surface area contributed by atoms with Gasteiger partial charge in [0, 0.05) is 0 Å². The van der Waals surface area contributed by atoms with Crippen LogP contribution in [0.1, 0.15) is 11.7 Å². The summed E-state index contributed by atoms with van der Waals surface area (Å²) in [6, 6.07) is 20.8. The molecule has 0 saturated carbocycles. The van der Waals surface area contributed by atoms with E-state index in [0.29, 0.717) is 10.6 Å². The topological polar surface area (TPSA) is 58.2 Å². The first-order chi connectivity index (χ1) is 10.6. The largest absolute Gasteiger partial charge is 0.364 e. The molecule has 22 heavy (non-hydrogen) atoms. The molecule has 5 heteroatoms. The summed E-state index contributed by atoms with van der Waals surface area (Å²) in [5.74, 6) is 0. The summed E-state index contributed by atoms with van der Waals surface area (Å²) in [5, 5.41) is 5.19. The Balaban J connectivity index is 1.88. The Morgan fingerprint density at radius 2 is 1.45 bits per heavy atom. The van der Waals surface area contributed by atoms with Crippen LogP contribution in [0.25, 0.3) is 10.8 Å². The molecule has 1 atom stereocenters. The molecular formula is C17H14N2O2S. The number of sulfonamides is 1. The zero-order valence-corrected chi connectivity index (χ0v) is 12.5. The van der Waals surface area contributed by atoms with E-state index in [2.05, 4.69) is 10.0 Å². The molecule has 4 rings (SSSR count). The zero-order chi connectivity index (χ0) is 15.2. The molecule has 3 aromatic carbocycles. The van der Waals surface area contributed by atoms with E-state index in [9.17, 15) is 8.42 Å². The van der Waals surface area contributed by atoms with Gasteiger partial charge >= 0.3 is 0 Å². The summed E-state index contributed by atoms with van der Waals surface area (Å²) in [6.45, 7) is 0. The number of anilines is 1. The van der Waals surface area contributed by atoms with Crippen molar-refractivity contribution in [1.29, 1.82) is 0 Å². The van der Waals surface area contributed by atoms with Crippen molar-refractivity contribution in [3.05, 3.63) is 72.3 Å². The number of hydrogen-bond acceptors (Lipinski definition) is 3. The first-order valence-corrected chi connectivity index (χ1v) is 8.48. The molecule has 0 radical (unpaired) electrons. The van der Waals surface area contributed by atoms with Crippen LogP contribution in [0.15, 0.2) is 71.6 Å². The number of fused-ring (bicyclic) bond motifs is 2. The molecule has 1 aliphatic rings. The second-order valence-corrected chi connectivity index (χ2v) is 6.99. The average molecular weight is 310 g/mol. The molecule has 0 amide bonds. The van der Waals surface area contributed by atoms with Crippen LogP contribution in [0.5, 0.6) is 0 Å². The van der Waals surface area contributed by atoms with Gasteiger partial charge in [0.15, 0.2) is 0 Å². The Bertz CT molecular complexity index is 953. The molecule has 0 aromatic heterocycles. The Morgan fingerprint density at radius 1 is 0.818 bits per heavy atom. The van der Waals surface area contributed by atoms with E-state index in [1.807, 2.05) is 60.7 Å². The number of rotatable bonds is 1. The molecular weight excluding hydrogens is 296 g/mol. The van der Waals surface area contributed by atoms with Gasteiger partial charge in [0.25, 0.3) is 0 Å². The van der Waals surface area contributed by atoms with Gasteiger partial charge in [0.1, 0.15) is 11.1 Å². The second kappa shape index (κ2) is 4.83. The Morgan fingerprint density at radius 3 is 2.18 bits per heavy atom. The number of nitrogens with one attached hydrogen (secondary N) is 2. The van der Waals surface area contributed by atoms with Crippen molar-refractivity contribution >= 4 is 26.5 Å². The van der Waals surface area contributed by atoms with E-state index < -0.39 is 16.2 Å². The summed E-state index contributed by atoms with van der Waals surface area (Å²) >= 11 is 0. The molecule has 2 N–H and O–H groups in total. The monoisotopic (exact) mass is 310 g/mol. The van der Waals surface area contributed by atoms with Gasteiger partial charge in [0.2, 0.25) is 10.0 Å². The standard InChI is InChI=1S/C17H14N2O2S/c20-22(21)16-11-14-9-5-4-8-13(14)10-15(16)18-17(19-22)12-6-2-1-3-7-12/h1-11,17-19H. The predicted octanol–water partition coefficient (Wildman–Crippen LogP) is 3.24. The lowest BCUT2D eigenvalue weighted by atomic mass is 10.1. The minimum atomic E-state index is -3.54. The van der Waals surface area contributed by atoms with Crippen molar-refractivity contribution in [2.24, 2.45) is 0 Å². The Hall–Kier alpha value is -2.37. The molecule has 3 aromatic rings. The highest BCUT2D eigenvalue weighted by atomic mass is 32.2. The minimum absolute atomic E-state index is 0.290. The Labute approximate surface area is 128 Å². The van der Waals surface area contributed by atoms with E-state index in [4.69, 9.17) is 0 Å². The van der Waals surface area contributed by atoms with Crippen LogP contribution in [0.2, 0.25) is 0 Å². The summed E-state index contributed by atoms with van der Waals surface area (Å²) in [5.41, 5.74) is 1.51. The summed E-state index contributed by atoms with van der Waals surface area (Å²) < 4.78 is 27.8. The first kappa shape index (κ1) is 13.3. The van der Waals surface area contributed by atoms with Gasteiger partial charge < -0.3 is 5.32 Å². The SMILES string of the molecule is O=S1(=O)NC(c2ccccc2)Nc2cc3ccccc3cc21. The third-order valence-corrected chi connectivity index (χ3v) is 5.31. The highest BCUT2D eigenvalue weighted by Gasteiger charge is 2.30. The van der Waals surface area contributed by atoms with Crippen molar-refractivity contribution in [2.45, 2.75) is 11.1 Å². The fourth-order valence-corrected chi connectivity index (χ4v) is 4.08. The molecule has 1 unspecified atom stereocenters. The van der Waals surface area contributed by atoms with Gasteiger partial charge in [-0.15, -0.1) is 0 Å². The summed E-state index contributed by atoms with van der Waals surface area (Å²) in [7, 11) is -3.54. The van der Waals surface area contributed by atoms with Gasteiger partial charge in [-0.1, -0.05) is 54.6 Å². The third kappa shape index (κ3) is 2.15. The van der Waals surface area contributed by atoms with Crippen LogP contribution < -0.4 is 10.0 Å². The third-order valence-electron chi connectivity index (χ3n) is 3.84. The molecule has 0 saturated heterocycles. The fourth-order valence-electron chi connectivity index (χ4n) is 2.75. The summed E-state index contributed by atoms with van der Waals surface area (Å²) in [6.07, 6.45) is -0.458. The summed E-state index contributed by atoms with van der Waals surface area (Å²) in [4.78, 5) is 0.290. The van der Waals surface area contributed by atoms with Crippen molar-refractivity contribution in [1.82, 2.24) is 4.72 Å². The van der Waals surface area contributed by atoms with Crippen molar-refractivity contribution in [2.75, 3.05) is 5.32 Å². The van der Waals surface area contributed by atoms with E-state index in [-0.39, 0.29) is 0 Å². The molecule has 110 valence electrons. The predicted molar refractivity (Wildman–Crippen MR) is 87.1 cm³/mol. The lowest BCUT2D eigenvalue weighted by Gasteiger charge is -2.28. The van der Waals surface area contributed by atoms with Gasteiger partial charge in [0.05, 0.1) is 5.69 Å². The smallest absolute Gasteiger partial charge is 0.244 e. The number of benzene rings is 3. The van der Waals surface area contributed by atoms with Gasteiger partial charge in [-0.05, 0) is 28.5 Å².